The Morgan fingerprint density at radius 2 is 0.771 bits per heavy atom. The summed E-state index contributed by atoms with van der Waals surface area (Å²) in [5.74, 6) is 3.95. The Morgan fingerprint density at radius 3 is 1.10 bits per heavy atom. The molecule has 3 saturated heterocycles. The maximum atomic E-state index is 14.2. The van der Waals surface area contributed by atoms with E-state index in [0.29, 0.717) is 65.5 Å². The molecule has 3 atom stereocenters. The first-order valence-corrected chi connectivity index (χ1v) is 51.0. The van der Waals surface area contributed by atoms with E-state index < -0.39 is 76.7 Å². The van der Waals surface area contributed by atoms with Crippen LogP contribution in [0.5, 0.6) is 17.2 Å². The number of ether oxygens (including phenoxy) is 4. The number of pyridine rings is 2. The number of hydrogen-bond donors (Lipinski definition) is 5. The van der Waals surface area contributed by atoms with E-state index in [1.165, 1.54) is 34.1 Å². The second kappa shape index (κ2) is 35.6. The van der Waals surface area contributed by atoms with Gasteiger partial charge in [0, 0.05) is 108 Å². The van der Waals surface area contributed by atoms with Crippen LogP contribution in [0.2, 0.25) is 77.1 Å². The minimum Gasteiger partial charge on any atom is -0.508 e. The first kappa shape index (κ1) is 86.2. The van der Waals surface area contributed by atoms with E-state index in [-0.39, 0.29) is 88.7 Å². The Labute approximate surface area is 698 Å². The standard InChI is InChI=1S/C34H38N4O5Si.C30H34N4O5Si.C24H28BrN3O5Si/c1-6-7-16-43-28-13-10-26-21-37(31(39)29(26)20-28)22-34(27-11-8-25(9-12-27)30-19-24(2)14-15-35-30)32(40)38(33(41)36-34)23-42-17-18-44(3,4)5;1-20-11-12-31-26(15-20)21-5-8-23(9-6-21)30(18-33-17-22-7-10-24(35)16-25(22)27(33)36)28(37)34(29(38)32-30)19-39-13-14-40(2,3)4;1-34(2,3)11-10-33-15-28-22(31)24(26-23(28)32,17-5-7-18(25)8-6-17)14-27-13-16-4-9-19(29)12-20(16)21(27)30/h8-15,19-20H,16-18,21-23H2,1-5H3,(H,36,41);5-12,15-16,35H,13-14,17-19H2,1-4H3,(H,32,38);4-9,12,29H,10-11,13-15H2,1-3H3,(H,26,32)/t34-;30-;24-/m000/s1. The molecule has 14 rings (SSSR count). The molecule has 0 aliphatic carbocycles. The molecule has 3 fully saturated rings. The van der Waals surface area contributed by atoms with Gasteiger partial charge in [-0.15, -0.1) is 5.92 Å². The summed E-state index contributed by atoms with van der Waals surface area (Å²) in [6.07, 6.45) is 3.50. The lowest BCUT2D eigenvalue weighted by molar-refractivity contribution is -0.136. The van der Waals surface area contributed by atoms with Gasteiger partial charge in [0.1, 0.15) is 44.0 Å². The third-order valence-electron chi connectivity index (χ3n) is 21.4. The molecule has 26 nitrogen and oxygen atoms in total. The molecule has 6 aliphatic rings. The van der Waals surface area contributed by atoms with Crippen LogP contribution in [-0.4, -0.2) is 194 Å². The fraction of sp³-hybridized carbons (Fsp3) is 0.352. The van der Waals surface area contributed by atoms with Gasteiger partial charge < -0.3 is 59.8 Å². The highest BCUT2D eigenvalue weighted by Crippen LogP contribution is 2.41. The number of nitrogens with one attached hydrogen (secondary N) is 3. The van der Waals surface area contributed by atoms with Crippen LogP contribution in [0.15, 0.2) is 169 Å². The highest BCUT2D eigenvalue weighted by Gasteiger charge is 2.58. The number of nitrogens with zero attached hydrogens (tertiary/aromatic N) is 8. The lowest BCUT2D eigenvalue weighted by Crippen LogP contribution is -2.53. The van der Waals surface area contributed by atoms with Gasteiger partial charge in [-0.3, -0.25) is 38.7 Å². The van der Waals surface area contributed by atoms with Gasteiger partial charge >= 0.3 is 18.1 Å². The van der Waals surface area contributed by atoms with Gasteiger partial charge in [0.05, 0.1) is 31.0 Å². The van der Waals surface area contributed by atoms with E-state index >= 15 is 0 Å². The predicted octanol–water partition coefficient (Wildman–Crippen LogP) is 13.5. The third kappa shape index (κ3) is 19.5. The van der Waals surface area contributed by atoms with Gasteiger partial charge in [-0.05, 0) is 156 Å². The van der Waals surface area contributed by atoms with Crippen LogP contribution < -0.4 is 20.7 Å². The van der Waals surface area contributed by atoms with Crippen molar-refractivity contribution in [3.63, 3.8) is 0 Å². The Balaban J connectivity index is 0.000000164. The zero-order chi connectivity index (χ0) is 84.8. The quantitative estimate of drug-likeness (QED) is 0.0132. The maximum absolute atomic E-state index is 14.2. The second-order valence-electron chi connectivity index (χ2n) is 34.0. The molecule has 118 heavy (non-hydrogen) atoms. The van der Waals surface area contributed by atoms with Crippen molar-refractivity contribution in [2.75, 3.05) is 66.3 Å². The molecule has 0 saturated carbocycles. The number of hydrogen-bond acceptors (Lipinski definition) is 17. The molecule has 30 heteroatoms. The van der Waals surface area contributed by atoms with Gasteiger partial charge in [-0.25, -0.2) is 29.1 Å². The molecule has 12 amide bonds. The van der Waals surface area contributed by atoms with Gasteiger partial charge in [-0.2, -0.15) is 0 Å². The highest BCUT2D eigenvalue weighted by molar-refractivity contribution is 9.10. The van der Waals surface area contributed by atoms with Crippen molar-refractivity contribution in [3.05, 3.63) is 230 Å². The fourth-order valence-corrected chi connectivity index (χ4v) is 17.1. The van der Waals surface area contributed by atoms with E-state index in [2.05, 4.69) is 113 Å². The Kier molecular flexibility index (Phi) is 26.0. The number of rotatable bonds is 28. The van der Waals surface area contributed by atoms with Crippen LogP contribution in [0, 0.1) is 25.7 Å². The number of phenolic OH excluding ortho intramolecular Hbond substituents is 2. The number of phenols is 2. The van der Waals surface area contributed by atoms with Crippen molar-refractivity contribution in [1.29, 1.82) is 0 Å². The van der Waals surface area contributed by atoms with Crippen LogP contribution in [-0.2, 0) is 64.8 Å². The first-order valence-electron chi connectivity index (χ1n) is 39.1. The van der Waals surface area contributed by atoms with Crippen molar-refractivity contribution >= 4 is 93.7 Å². The van der Waals surface area contributed by atoms with E-state index in [0.717, 1.165) is 87.6 Å². The number of amides is 12. The van der Waals surface area contributed by atoms with Crippen LogP contribution in [0.1, 0.15) is 82.5 Å². The Morgan fingerprint density at radius 1 is 0.441 bits per heavy atom. The van der Waals surface area contributed by atoms with E-state index in [1.807, 2.05) is 86.6 Å². The van der Waals surface area contributed by atoms with Gasteiger partial charge in [0.15, 0.2) is 16.6 Å². The Hall–Kier alpha value is -11.2. The molecule has 5 N–H and O–H groups in total. The molecule has 0 unspecified atom stereocenters. The molecule has 2 aromatic heterocycles. The molecule has 8 heterocycles. The smallest absolute Gasteiger partial charge is 0.327 e. The molecule has 616 valence electrons. The van der Waals surface area contributed by atoms with E-state index in [4.69, 9.17) is 18.9 Å². The molecule has 0 radical (unpaired) electrons. The number of benzene rings is 6. The lowest BCUT2D eigenvalue weighted by Gasteiger charge is -2.32. The van der Waals surface area contributed by atoms with Crippen molar-refractivity contribution in [2.45, 2.75) is 134 Å². The topological polar surface area (TPSA) is 312 Å². The second-order valence-corrected chi connectivity index (χ2v) is 51.8. The predicted molar refractivity (Wildman–Crippen MR) is 457 cm³/mol. The number of carbonyl (C=O) groups excluding carboxylic acids is 9. The molecule has 6 aliphatic heterocycles. The highest BCUT2D eigenvalue weighted by atomic mass is 79.9. The Bertz CT molecular complexity index is 5260. The summed E-state index contributed by atoms with van der Waals surface area (Å²) >= 11 is 3.40. The summed E-state index contributed by atoms with van der Waals surface area (Å²) in [6, 6.07) is 45.4. The number of aryl methyl sites for hydroxylation is 2. The maximum Gasteiger partial charge on any atom is 0.327 e. The van der Waals surface area contributed by atoms with Crippen molar-refractivity contribution < 1.29 is 72.3 Å². The summed E-state index contributed by atoms with van der Waals surface area (Å²) in [5.41, 5.74) is 6.38. The fourth-order valence-electron chi connectivity index (χ4n) is 14.6. The molecular formula is C88H100BrN11O15Si3. The summed E-state index contributed by atoms with van der Waals surface area (Å²) < 4.78 is 23.8. The number of halogens is 1. The number of aromatic nitrogens is 2. The lowest BCUT2D eigenvalue weighted by atomic mass is 9.88. The van der Waals surface area contributed by atoms with Crippen LogP contribution in [0.3, 0.4) is 0 Å². The van der Waals surface area contributed by atoms with Crippen LogP contribution in [0.4, 0.5) is 14.4 Å². The SMILES string of the molecule is CC#CCOc1ccc2c(c1)C(=O)N(C[C@@]1(c3ccc(-c4cc(C)ccn4)cc3)NC(=O)N(COCC[Si](C)(C)C)C1=O)C2.C[Si](C)(C)CCOCN1C(=O)N[C@@](CN2Cc3ccc(O)cc3C2=O)(c2ccc(Br)cc2)C1=O.Cc1ccnc(-c2ccc([C@]3(CN4Cc5ccc(O)cc5C4=O)NC(=O)N(COCC[Si](C)(C)C)C3=O)cc2)c1. The first-order chi connectivity index (χ1) is 56.0. The van der Waals surface area contributed by atoms with Crippen LogP contribution in [0.25, 0.3) is 22.5 Å². The van der Waals surface area contributed by atoms with E-state index in [1.54, 1.807) is 78.8 Å². The summed E-state index contributed by atoms with van der Waals surface area (Å²) in [4.78, 5) is 138. The molecule has 0 spiro atoms. The molecule has 0 bridgehead atoms. The van der Waals surface area contributed by atoms with E-state index in [9.17, 15) is 53.4 Å². The summed E-state index contributed by atoms with van der Waals surface area (Å²) in [6.45, 7) is 27.7. The molecule has 8 aromatic rings. The minimum atomic E-state index is -1.50. The molecule has 6 aromatic carbocycles. The normalized spacial score (nSPS) is 18.8. The number of fused-ring (bicyclic) bond motifs is 3. The van der Waals surface area contributed by atoms with Crippen molar-refractivity contribution in [3.8, 4) is 51.6 Å². The van der Waals surface area contributed by atoms with Gasteiger partial charge in [0.2, 0.25) is 0 Å². The number of carbonyl (C=O) groups is 9. The summed E-state index contributed by atoms with van der Waals surface area (Å²) in [5, 5.41) is 28.4. The van der Waals surface area contributed by atoms with Gasteiger partial charge in [-0.1, -0.05) is 160 Å². The number of aromatic hydroxyl groups is 2. The zero-order valence-corrected chi connectivity index (χ0v) is 73.1. The average Bonchev–Trinajstić information content (AvgIpc) is 1.59. The van der Waals surface area contributed by atoms with Crippen molar-refractivity contribution in [1.82, 2.24) is 55.3 Å². The van der Waals surface area contributed by atoms with Crippen molar-refractivity contribution in [2.24, 2.45) is 0 Å². The monoisotopic (exact) mass is 1710 g/mol. The number of urea groups is 3. The minimum absolute atomic E-state index is 0.00320. The third-order valence-corrected chi connectivity index (χ3v) is 27.0. The zero-order valence-electron chi connectivity index (χ0n) is 68.6. The average molecular weight is 1720 g/mol. The molecular weight excluding hydrogens is 1620 g/mol. The largest absolute Gasteiger partial charge is 0.508 e. The van der Waals surface area contributed by atoms with Gasteiger partial charge in [0.25, 0.3) is 35.4 Å². The van der Waals surface area contributed by atoms with Crippen LogP contribution >= 0.6 is 15.9 Å². The number of imide groups is 3. The summed E-state index contributed by atoms with van der Waals surface area (Å²) in [7, 11) is -4.02.